The molecule has 2 aromatic rings. The van der Waals surface area contributed by atoms with Crippen molar-refractivity contribution in [1.82, 2.24) is 4.90 Å². The summed E-state index contributed by atoms with van der Waals surface area (Å²) in [5, 5.41) is 8.85. The molecule has 0 fully saturated rings. The lowest BCUT2D eigenvalue weighted by atomic mass is 10.1. The average Bonchev–Trinajstić information content (AvgIpc) is 2.56. The van der Waals surface area contributed by atoms with Crippen molar-refractivity contribution in [3.63, 3.8) is 0 Å². The number of nitrogens with zero attached hydrogens (tertiary/aromatic N) is 1. The van der Waals surface area contributed by atoms with E-state index in [2.05, 4.69) is 12.1 Å². The van der Waals surface area contributed by atoms with Gasteiger partial charge in [-0.1, -0.05) is 30.3 Å². The minimum atomic E-state index is -0.107. The van der Waals surface area contributed by atoms with E-state index in [0.717, 1.165) is 12.2 Å². The first-order valence-corrected chi connectivity index (χ1v) is 7.34. The molecule has 1 amide bonds. The molecular formula is C18H21NO3. The first kappa shape index (κ1) is 16.0. The number of aliphatic hydroxyl groups excluding tert-OH is 1. The molecule has 0 heterocycles. The highest BCUT2D eigenvalue weighted by atomic mass is 16.5. The summed E-state index contributed by atoms with van der Waals surface area (Å²) in [6.45, 7) is 0.888. The van der Waals surface area contributed by atoms with Crippen molar-refractivity contribution in [1.29, 1.82) is 0 Å². The van der Waals surface area contributed by atoms with Gasteiger partial charge in [0.1, 0.15) is 5.75 Å². The molecule has 0 bridgehead atoms. The van der Waals surface area contributed by atoms with E-state index in [1.807, 2.05) is 18.2 Å². The maximum absolute atomic E-state index is 12.0. The zero-order valence-electron chi connectivity index (χ0n) is 12.7. The van der Waals surface area contributed by atoms with Crippen LogP contribution in [0.5, 0.6) is 5.75 Å². The number of carbonyl (C=O) groups excluding carboxylic acids is 1. The van der Waals surface area contributed by atoms with Gasteiger partial charge in [0.25, 0.3) is 5.91 Å². The van der Waals surface area contributed by atoms with E-state index in [-0.39, 0.29) is 12.5 Å². The van der Waals surface area contributed by atoms with Crippen LogP contribution < -0.4 is 4.74 Å². The lowest BCUT2D eigenvalue weighted by molar-refractivity contribution is 0.0767. The summed E-state index contributed by atoms with van der Waals surface area (Å²) in [7, 11) is 1.67. The number of rotatable bonds is 7. The third-order valence-electron chi connectivity index (χ3n) is 3.39. The van der Waals surface area contributed by atoms with Crippen molar-refractivity contribution in [3.05, 3.63) is 65.7 Å². The quantitative estimate of drug-likeness (QED) is 0.854. The van der Waals surface area contributed by atoms with Crippen molar-refractivity contribution >= 4 is 5.91 Å². The van der Waals surface area contributed by atoms with E-state index in [1.54, 1.807) is 31.3 Å². The number of benzene rings is 2. The molecular weight excluding hydrogens is 278 g/mol. The van der Waals surface area contributed by atoms with Crippen LogP contribution in [0, 0.1) is 0 Å². The Morgan fingerprint density at radius 3 is 2.41 bits per heavy atom. The molecule has 0 aromatic heterocycles. The molecule has 0 saturated heterocycles. The highest BCUT2D eigenvalue weighted by Crippen LogP contribution is 2.14. The van der Waals surface area contributed by atoms with Crippen LogP contribution in [0.25, 0.3) is 0 Å². The van der Waals surface area contributed by atoms with Gasteiger partial charge in [-0.3, -0.25) is 4.79 Å². The second-order valence-corrected chi connectivity index (χ2v) is 5.06. The fourth-order valence-corrected chi connectivity index (χ4v) is 2.10. The summed E-state index contributed by atoms with van der Waals surface area (Å²) in [5.41, 5.74) is 1.83. The first-order valence-electron chi connectivity index (χ1n) is 7.34. The molecule has 4 heteroatoms. The van der Waals surface area contributed by atoms with Gasteiger partial charge in [-0.25, -0.2) is 0 Å². The van der Waals surface area contributed by atoms with Crippen LogP contribution in [-0.2, 0) is 6.42 Å². The maximum atomic E-state index is 12.0. The van der Waals surface area contributed by atoms with Crippen LogP contribution >= 0.6 is 0 Å². The predicted molar refractivity (Wildman–Crippen MR) is 86.1 cm³/mol. The Morgan fingerprint density at radius 1 is 1.09 bits per heavy atom. The standard InChI is InChI=1S/C18H21NO3/c1-19(12-13-20)18(21)16-7-9-17(10-8-16)22-14-11-15-5-3-2-4-6-15/h2-10,20H,11-14H2,1H3. The molecule has 0 aliphatic heterocycles. The minimum Gasteiger partial charge on any atom is -0.493 e. The molecule has 22 heavy (non-hydrogen) atoms. The summed E-state index contributed by atoms with van der Waals surface area (Å²) in [6, 6.07) is 17.2. The van der Waals surface area contributed by atoms with Crippen molar-refractivity contribution in [2.24, 2.45) is 0 Å². The molecule has 2 aromatic carbocycles. The van der Waals surface area contributed by atoms with Crippen LogP contribution in [0.1, 0.15) is 15.9 Å². The largest absolute Gasteiger partial charge is 0.493 e. The first-order chi connectivity index (χ1) is 10.7. The highest BCUT2D eigenvalue weighted by molar-refractivity contribution is 5.94. The Balaban J connectivity index is 1.85. The molecule has 0 unspecified atom stereocenters. The smallest absolute Gasteiger partial charge is 0.253 e. The van der Waals surface area contributed by atoms with Gasteiger partial charge in [-0.15, -0.1) is 0 Å². The van der Waals surface area contributed by atoms with Crippen LogP contribution in [0.4, 0.5) is 0 Å². The number of carbonyl (C=O) groups is 1. The average molecular weight is 299 g/mol. The molecule has 4 nitrogen and oxygen atoms in total. The van der Waals surface area contributed by atoms with Gasteiger partial charge in [-0.2, -0.15) is 0 Å². The van der Waals surface area contributed by atoms with Gasteiger partial charge in [0.2, 0.25) is 0 Å². The van der Waals surface area contributed by atoms with Gasteiger partial charge in [0.15, 0.2) is 0 Å². The molecule has 0 aliphatic rings. The number of hydrogen-bond donors (Lipinski definition) is 1. The monoisotopic (exact) mass is 299 g/mol. The van der Waals surface area contributed by atoms with E-state index >= 15 is 0 Å². The van der Waals surface area contributed by atoms with Crippen molar-refractivity contribution in [3.8, 4) is 5.75 Å². The van der Waals surface area contributed by atoms with Gasteiger partial charge in [0, 0.05) is 25.6 Å². The third-order valence-corrected chi connectivity index (χ3v) is 3.39. The lowest BCUT2D eigenvalue weighted by Crippen LogP contribution is -2.29. The van der Waals surface area contributed by atoms with Gasteiger partial charge in [-0.05, 0) is 29.8 Å². The van der Waals surface area contributed by atoms with Gasteiger partial charge in [0.05, 0.1) is 13.2 Å². The Hall–Kier alpha value is -2.33. The van der Waals surface area contributed by atoms with Crippen LogP contribution in [0.15, 0.2) is 54.6 Å². The van der Waals surface area contributed by atoms with E-state index < -0.39 is 0 Å². The van der Waals surface area contributed by atoms with Gasteiger partial charge >= 0.3 is 0 Å². The van der Waals surface area contributed by atoms with E-state index in [9.17, 15) is 4.79 Å². The fraction of sp³-hybridized carbons (Fsp3) is 0.278. The molecule has 116 valence electrons. The van der Waals surface area contributed by atoms with Crippen LogP contribution in [-0.4, -0.2) is 42.7 Å². The number of ether oxygens (including phenoxy) is 1. The molecule has 0 aliphatic carbocycles. The predicted octanol–water partition coefficient (Wildman–Crippen LogP) is 2.37. The summed E-state index contributed by atoms with van der Waals surface area (Å²) >= 11 is 0. The summed E-state index contributed by atoms with van der Waals surface area (Å²) in [6.07, 6.45) is 0.848. The van der Waals surface area contributed by atoms with E-state index in [1.165, 1.54) is 10.5 Å². The molecule has 0 radical (unpaired) electrons. The normalized spacial score (nSPS) is 10.3. The zero-order chi connectivity index (χ0) is 15.8. The number of hydrogen-bond acceptors (Lipinski definition) is 3. The molecule has 0 atom stereocenters. The SMILES string of the molecule is CN(CCO)C(=O)c1ccc(OCCc2ccccc2)cc1. The summed E-state index contributed by atoms with van der Waals surface area (Å²) in [5.74, 6) is 0.641. The third kappa shape index (κ3) is 4.60. The Bertz CT molecular complexity index is 581. The van der Waals surface area contributed by atoms with Crippen LogP contribution in [0.3, 0.4) is 0 Å². The Labute approximate surface area is 131 Å². The van der Waals surface area contributed by atoms with E-state index in [4.69, 9.17) is 9.84 Å². The van der Waals surface area contributed by atoms with E-state index in [0.29, 0.717) is 18.7 Å². The van der Waals surface area contributed by atoms with Crippen molar-refractivity contribution in [2.45, 2.75) is 6.42 Å². The highest BCUT2D eigenvalue weighted by Gasteiger charge is 2.10. The summed E-state index contributed by atoms with van der Waals surface area (Å²) in [4.78, 5) is 13.5. The lowest BCUT2D eigenvalue weighted by Gasteiger charge is -2.15. The number of amides is 1. The molecule has 1 N–H and O–H groups in total. The molecule has 2 rings (SSSR count). The molecule has 0 saturated carbocycles. The second kappa shape index (κ2) is 8.20. The zero-order valence-corrected chi connectivity index (χ0v) is 12.7. The Morgan fingerprint density at radius 2 is 1.77 bits per heavy atom. The fourth-order valence-electron chi connectivity index (χ4n) is 2.10. The minimum absolute atomic E-state index is 0.0388. The second-order valence-electron chi connectivity index (χ2n) is 5.06. The number of aliphatic hydroxyl groups is 1. The topological polar surface area (TPSA) is 49.8 Å². The van der Waals surface area contributed by atoms with Crippen molar-refractivity contribution in [2.75, 3.05) is 26.8 Å². The Kier molecular flexibility index (Phi) is 5.98. The maximum Gasteiger partial charge on any atom is 0.253 e. The summed E-state index contributed by atoms with van der Waals surface area (Å²) < 4.78 is 5.69. The molecule has 0 spiro atoms. The number of likely N-dealkylation sites (N-methyl/N-ethyl adjacent to an activating group) is 1. The van der Waals surface area contributed by atoms with Crippen LogP contribution in [0.2, 0.25) is 0 Å². The van der Waals surface area contributed by atoms with Crippen molar-refractivity contribution < 1.29 is 14.6 Å². The van der Waals surface area contributed by atoms with Gasteiger partial charge < -0.3 is 14.7 Å².